The Hall–Kier alpha value is -0.900. The van der Waals surface area contributed by atoms with Crippen molar-refractivity contribution in [1.29, 1.82) is 0 Å². The average molecular weight is 212 g/mol. The van der Waals surface area contributed by atoms with E-state index in [2.05, 4.69) is 26.0 Å². The van der Waals surface area contributed by atoms with Crippen molar-refractivity contribution in [3.05, 3.63) is 28.6 Å². The summed E-state index contributed by atoms with van der Waals surface area (Å²) in [4.78, 5) is 4.27. The average Bonchev–Trinajstić information content (AvgIpc) is 2.27. The molecule has 0 amide bonds. The zero-order valence-electron chi connectivity index (χ0n) is 5.95. The Balaban J connectivity index is 2.82. The second-order valence-electron chi connectivity index (χ2n) is 2.34. The van der Waals surface area contributed by atoms with Gasteiger partial charge in [-0.05, 0) is 28.9 Å². The van der Waals surface area contributed by atoms with E-state index >= 15 is 0 Å². The van der Waals surface area contributed by atoms with Crippen molar-refractivity contribution in [2.45, 2.75) is 6.92 Å². The summed E-state index contributed by atoms with van der Waals surface area (Å²) in [5, 5.41) is 4.13. The van der Waals surface area contributed by atoms with Gasteiger partial charge in [0.2, 0.25) is 0 Å². The van der Waals surface area contributed by atoms with Crippen LogP contribution in [0, 0.1) is 6.92 Å². The highest BCUT2D eigenvalue weighted by molar-refractivity contribution is 9.10. The Morgan fingerprint density at radius 3 is 3.18 bits per heavy atom. The van der Waals surface area contributed by atoms with Crippen LogP contribution in [0.5, 0.6) is 0 Å². The number of hydrogen-bond acceptors (Lipinski definition) is 2. The maximum atomic E-state index is 4.27. The SMILES string of the molecule is Cc1ccn2nc(Br)cc2n1. The molecule has 0 radical (unpaired) electrons. The molecule has 2 aromatic rings. The van der Waals surface area contributed by atoms with Gasteiger partial charge >= 0.3 is 0 Å². The summed E-state index contributed by atoms with van der Waals surface area (Å²) in [5.41, 5.74) is 1.88. The molecule has 2 heterocycles. The molecule has 0 aliphatic heterocycles. The molecule has 0 unspecified atom stereocenters. The lowest BCUT2D eigenvalue weighted by atomic mass is 10.4. The fourth-order valence-corrected chi connectivity index (χ4v) is 1.32. The second kappa shape index (κ2) is 2.30. The van der Waals surface area contributed by atoms with Crippen molar-refractivity contribution in [2.75, 3.05) is 0 Å². The summed E-state index contributed by atoms with van der Waals surface area (Å²) < 4.78 is 2.55. The predicted octanol–water partition coefficient (Wildman–Crippen LogP) is 1.80. The maximum Gasteiger partial charge on any atom is 0.156 e. The highest BCUT2D eigenvalue weighted by Crippen LogP contribution is 2.09. The Labute approximate surface area is 72.2 Å². The molecule has 0 aromatic carbocycles. The van der Waals surface area contributed by atoms with E-state index in [1.807, 2.05) is 25.3 Å². The lowest BCUT2D eigenvalue weighted by molar-refractivity contribution is 0.919. The highest BCUT2D eigenvalue weighted by atomic mass is 79.9. The van der Waals surface area contributed by atoms with Gasteiger partial charge in [0, 0.05) is 18.0 Å². The van der Waals surface area contributed by atoms with E-state index in [0.29, 0.717) is 0 Å². The number of hydrogen-bond donors (Lipinski definition) is 0. The first-order chi connectivity index (χ1) is 5.25. The van der Waals surface area contributed by atoms with Crippen molar-refractivity contribution in [2.24, 2.45) is 0 Å². The first kappa shape index (κ1) is 6.79. The normalized spacial score (nSPS) is 10.7. The summed E-state index contributed by atoms with van der Waals surface area (Å²) in [6.45, 7) is 1.96. The molecule has 0 spiro atoms. The van der Waals surface area contributed by atoms with E-state index in [0.717, 1.165) is 15.9 Å². The molecule has 0 aliphatic carbocycles. The minimum atomic E-state index is 0.815. The van der Waals surface area contributed by atoms with Gasteiger partial charge in [-0.1, -0.05) is 0 Å². The van der Waals surface area contributed by atoms with Crippen molar-refractivity contribution < 1.29 is 0 Å². The third-order valence-electron chi connectivity index (χ3n) is 1.43. The third kappa shape index (κ3) is 1.14. The molecule has 56 valence electrons. The molecular formula is C7H6BrN3. The Bertz CT molecular complexity index is 393. The van der Waals surface area contributed by atoms with Crippen molar-refractivity contribution in [3.63, 3.8) is 0 Å². The van der Waals surface area contributed by atoms with Gasteiger partial charge < -0.3 is 0 Å². The van der Waals surface area contributed by atoms with Crippen LogP contribution in [-0.2, 0) is 0 Å². The van der Waals surface area contributed by atoms with Gasteiger partial charge in [0.05, 0.1) is 0 Å². The van der Waals surface area contributed by atoms with Gasteiger partial charge in [0.25, 0.3) is 0 Å². The van der Waals surface area contributed by atoms with Crippen LogP contribution < -0.4 is 0 Å². The van der Waals surface area contributed by atoms with Gasteiger partial charge in [-0.15, -0.1) is 0 Å². The van der Waals surface area contributed by atoms with Crippen LogP contribution in [0.1, 0.15) is 5.69 Å². The summed E-state index contributed by atoms with van der Waals surface area (Å²) in [7, 11) is 0. The van der Waals surface area contributed by atoms with E-state index in [1.165, 1.54) is 0 Å². The van der Waals surface area contributed by atoms with Crippen LogP contribution >= 0.6 is 15.9 Å². The van der Waals surface area contributed by atoms with Crippen LogP contribution in [0.3, 0.4) is 0 Å². The lowest BCUT2D eigenvalue weighted by Gasteiger charge is -1.91. The fraction of sp³-hybridized carbons (Fsp3) is 0.143. The number of nitrogens with zero attached hydrogens (tertiary/aromatic N) is 3. The molecule has 2 rings (SSSR count). The quantitative estimate of drug-likeness (QED) is 0.666. The van der Waals surface area contributed by atoms with Crippen molar-refractivity contribution in [1.82, 2.24) is 14.6 Å². The zero-order valence-corrected chi connectivity index (χ0v) is 7.54. The van der Waals surface area contributed by atoms with E-state index < -0.39 is 0 Å². The van der Waals surface area contributed by atoms with E-state index in [-0.39, 0.29) is 0 Å². The summed E-state index contributed by atoms with van der Waals surface area (Å²) in [6.07, 6.45) is 1.89. The first-order valence-electron chi connectivity index (χ1n) is 3.24. The number of aryl methyl sites for hydroxylation is 1. The molecule has 0 bridgehead atoms. The molecule has 0 aliphatic rings. The van der Waals surface area contributed by atoms with E-state index in [1.54, 1.807) is 4.52 Å². The van der Waals surface area contributed by atoms with Crippen molar-refractivity contribution in [3.8, 4) is 0 Å². The predicted molar refractivity (Wildman–Crippen MR) is 45.4 cm³/mol. The Morgan fingerprint density at radius 2 is 2.36 bits per heavy atom. The molecule has 0 fully saturated rings. The second-order valence-corrected chi connectivity index (χ2v) is 3.15. The van der Waals surface area contributed by atoms with E-state index in [9.17, 15) is 0 Å². The first-order valence-corrected chi connectivity index (χ1v) is 4.03. The lowest BCUT2D eigenvalue weighted by Crippen LogP contribution is -1.89. The fourth-order valence-electron chi connectivity index (χ4n) is 0.945. The zero-order chi connectivity index (χ0) is 7.84. The number of halogens is 1. The smallest absolute Gasteiger partial charge is 0.156 e. The largest absolute Gasteiger partial charge is 0.234 e. The van der Waals surface area contributed by atoms with Gasteiger partial charge in [-0.3, -0.25) is 0 Å². The Kier molecular flexibility index (Phi) is 1.42. The molecule has 0 saturated carbocycles. The van der Waals surface area contributed by atoms with Gasteiger partial charge in [-0.25, -0.2) is 9.50 Å². The number of rotatable bonds is 0. The molecule has 0 atom stereocenters. The maximum absolute atomic E-state index is 4.27. The summed E-state index contributed by atoms with van der Waals surface area (Å²) in [6, 6.07) is 3.80. The molecule has 4 heteroatoms. The third-order valence-corrected chi connectivity index (χ3v) is 1.82. The van der Waals surface area contributed by atoms with Gasteiger partial charge in [-0.2, -0.15) is 5.10 Å². The Morgan fingerprint density at radius 1 is 1.55 bits per heavy atom. The van der Waals surface area contributed by atoms with Crippen LogP contribution in [0.15, 0.2) is 22.9 Å². The molecule has 0 saturated heterocycles. The molecule has 11 heavy (non-hydrogen) atoms. The van der Waals surface area contributed by atoms with Crippen LogP contribution in [0.2, 0.25) is 0 Å². The highest BCUT2D eigenvalue weighted by Gasteiger charge is 1.97. The minimum absolute atomic E-state index is 0.815. The standard InChI is InChI=1S/C7H6BrN3/c1-5-2-3-11-7(9-5)4-6(8)10-11/h2-4H,1H3. The van der Waals surface area contributed by atoms with Crippen LogP contribution in [0.4, 0.5) is 0 Å². The minimum Gasteiger partial charge on any atom is -0.234 e. The van der Waals surface area contributed by atoms with E-state index in [4.69, 9.17) is 0 Å². The van der Waals surface area contributed by atoms with Crippen LogP contribution in [-0.4, -0.2) is 14.6 Å². The van der Waals surface area contributed by atoms with Crippen LogP contribution in [0.25, 0.3) is 5.65 Å². The van der Waals surface area contributed by atoms with Crippen molar-refractivity contribution >= 4 is 21.6 Å². The number of aromatic nitrogens is 3. The molecular weight excluding hydrogens is 206 g/mol. The molecule has 3 nitrogen and oxygen atoms in total. The summed E-state index contributed by atoms with van der Waals surface area (Å²) >= 11 is 3.28. The molecule has 0 N–H and O–H groups in total. The van der Waals surface area contributed by atoms with Gasteiger partial charge in [0.15, 0.2) is 5.65 Å². The van der Waals surface area contributed by atoms with Gasteiger partial charge in [0.1, 0.15) is 4.60 Å². The summed E-state index contributed by atoms with van der Waals surface area (Å²) in [5.74, 6) is 0. The molecule has 2 aromatic heterocycles. The monoisotopic (exact) mass is 211 g/mol. The topological polar surface area (TPSA) is 30.2 Å². The number of fused-ring (bicyclic) bond motifs is 1.